The summed E-state index contributed by atoms with van der Waals surface area (Å²) < 4.78 is 0. The van der Waals surface area contributed by atoms with Crippen LogP contribution in [0.2, 0.25) is 0 Å². The quantitative estimate of drug-likeness (QED) is 0.723. The van der Waals surface area contributed by atoms with Crippen LogP contribution < -0.4 is 16.0 Å². The number of anilines is 1. The van der Waals surface area contributed by atoms with E-state index in [1.807, 2.05) is 24.3 Å². The summed E-state index contributed by atoms with van der Waals surface area (Å²) in [5, 5.41) is 9.60. The van der Waals surface area contributed by atoms with Crippen molar-refractivity contribution in [1.29, 1.82) is 0 Å². The van der Waals surface area contributed by atoms with Crippen molar-refractivity contribution in [1.82, 2.24) is 10.6 Å². The van der Waals surface area contributed by atoms with Crippen LogP contribution in [0, 0.1) is 0 Å². The van der Waals surface area contributed by atoms with Gasteiger partial charge in [-0.05, 0) is 37.1 Å². The first-order valence-corrected chi connectivity index (χ1v) is 6.19. The largest absolute Gasteiger partial charge is 0.380 e. The monoisotopic (exact) mass is 231 g/mol. The van der Waals surface area contributed by atoms with Crippen LogP contribution in [-0.2, 0) is 0 Å². The van der Waals surface area contributed by atoms with Crippen molar-refractivity contribution in [2.24, 2.45) is 0 Å². The topological polar surface area (TPSA) is 53.2 Å². The lowest BCUT2D eigenvalue weighted by Gasteiger charge is -2.29. The first-order chi connectivity index (χ1) is 8.31. The predicted molar refractivity (Wildman–Crippen MR) is 67.2 cm³/mol. The zero-order valence-corrected chi connectivity index (χ0v) is 9.70. The molecule has 2 aliphatic rings. The molecule has 3 N–H and O–H groups in total. The second-order valence-electron chi connectivity index (χ2n) is 4.82. The molecule has 17 heavy (non-hydrogen) atoms. The van der Waals surface area contributed by atoms with Crippen molar-refractivity contribution in [2.45, 2.75) is 24.9 Å². The van der Waals surface area contributed by atoms with Crippen LogP contribution in [0.1, 0.15) is 23.2 Å². The molecule has 1 amide bonds. The fourth-order valence-electron chi connectivity index (χ4n) is 1.84. The van der Waals surface area contributed by atoms with Gasteiger partial charge in [-0.3, -0.25) is 4.79 Å². The summed E-state index contributed by atoms with van der Waals surface area (Å²) >= 11 is 0. The van der Waals surface area contributed by atoms with Crippen molar-refractivity contribution >= 4 is 11.6 Å². The van der Waals surface area contributed by atoms with Crippen molar-refractivity contribution < 1.29 is 4.79 Å². The summed E-state index contributed by atoms with van der Waals surface area (Å²) in [5.74, 6) is 0.0457. The molecule has 1 aromatic carbocycles. The third kappa shape index (κ3) is 2.58. The number of hydrogen-bond donors (Lipinski definition) is 3. The normalized spacial score (nSPS) is 19.5. The smallest absolute Gasteiger partial charge is 0.251 e. The molecule has 0 unspecified atom stereocenters. The van der Waals surface area contributed by atoms with Gasteiger partial charge in [-0.2, -0.15) is 0 Å². The molecule has 4 nitrogen and oxygen atoms in total. The molecule has 1 saturated heterocycles. The lowest BCUT2D eigenvalue weighted by Crippen LogP contribution is -2.51. The van der Waals surface area contributed by atoms with Crippen LogP contribution in [0.4, 0.5) is 5.69 Å². The van der Waals surface area contributed by atoms with Crippen LogP contribution in [-0.4, -0.2) is 31.1 Å². The van der Waals surface area contributed by atoms with Gasteiger partial charge < -0.3 is 16.0 Å². The molecular formula is C13H17N3O. The van der Waals surface area contributed by atoms with Gasteiger partial charge in [0, 0.05) is 30.4 Å². The van der Waals surface area contributed by atoms with Gasteiger partial charge in [0.2, 0.25) is 0 Å². The molecule has 0 spiro atoms. The van der Waals surface area contributed by atoms with E-state index < -0.39 is 0 Å². The zero-order chi connectivity index (χ0) is 11.7. The minimum atomic E-state index is 0.0457. The van der Waals surface area contributed by atoms with Gasteiger partial charge in [-0.1, -0.05) is 0 Å². The highest BCUT2D eigenvalue weighted by Gasteiger charge is 2.23. The summed E-state index contributed by atoms with van der Waals surface area (Å²) in [6.07, 6.45) is 2.25. The van der Waals surface area contributed by atoms with E-state index in [1.165, 1.54) is 0 Å². The van der Waals surface area contributed by atoms with Crippen molar-refractivity contribution in [3.63, 3.8) is 0 Å². The van der Waals surface area contributed by atoms with Crippen LogP contribution in [0.15, 0.2) is 24.3 Å². The maximum Gasteiger partial charge on any atom is 0.251 e. The fraction of sp³-hybridized carbons (Fsp3) is 0.462. The van der Waals surface area contributed by atoms with Gasteiger partial charge in [-0.25, -0.2) is 0 Å². The van der Waals surface area contributed by atoms with Crippen molar-refractivity contribution in [3.8, 4) is 0 Å². The Bertz CT molecular complexity index is 407. The summed E-state index contributed by atoms with van der Waals surface area (Å²) in [6, 6.07) is 8.65. The molecule has 1 aliphatic heterocycles. The van der Waals surface area contributed by atoms with Crippen LogP contribution in [0.5, 0.6) is 0 Å². The zero-order valence-electron chi connectivity index (χ0n) is 9.70. The molecule has 2 fully saturated rings. The molecule has 0 bridgehead atoms. The van der Waals surface area contributed by atoms with Gasteiger partial charge in [0.25, 0.3) is 5.91 Å². The highest BCUT2D eigenvalue weighted by atomic mass is 16.1. The lowest BCUT2D eigenvalue weighted by molar-refractivity contribution is 0.0951. The number of benzene rings is 1. The van der Waals surface area contributed by atoms with Gasteiger partial charge in [0.05, 0.1) is 6.04 Å². The average Bonchev–Trinajstić information content (AvgIpc) is 3.08. The van der Waals surface area contributed by atoms with E-state index >= 15 is 0 Å². The Hall–Kier alpha value is -1.55. The Morgan fingerprint density at radius 1 is 1.12 bits per heavy atom. The van der Waals surface area contributed by atoms with E-state index in [0.717, 1.165) is 37.2 Å². The fourth-order valence-corrected chi connectivity index (χ4v) is 1.84. The third-order valence-corrected chi connectivity index (χ3v) is 3.21. The summed E-state index contributed by atoms with van der Waals surface area (Å²) in [7, 11) is 0. The van der Waals surface area contributed by atoms with Crippen molar-refractivity contribution in [2.75, 3.05) is 18.4 Å². The van der Waals surface area contributed by atoms with E-state index in [-0.39, 0.29) is 5.91 Å². The molecule has 90 valence electrons. The number of nitrogens with one attached hydrogen (secondary N) is 3. The minimum absolute atomic E-state index is 0.0457. The Balaban J connectivity index is 1.59. The number of rotatable bonds is 4. The first kappa shape index (κ1) is 10.6. The van der Waals surface area contributed by atoms with E-state index in [2.05, 4.69) is 16.0 Å². The highest BCUT2D eigenvalue weighted by Crippen LogP contribution is 2.19. The number of hydrogen-bond acceptors (Lipinski definition) is 3. The predicted octanol–water partition coefficient (Wildman–Crippen LogP) is 0.962. The molecule has 1 aromatic rings. The molecule has 0 atom stereocenters. The third-order valence-electron chi connectivity index (χ3n) is 3.21. The van der Waals surface area contributed by atoms with Gasteiger partial charge in [0.15, 0.2) is 0 Å². The molecule has 0 radical (unpaired) electrons. The molecule has 1 saturated carbocycles. The molecular weight excluding hydrogens is 214 g/mol. The summed E-state index contributed by atoms with van der Waals surface area (Å²) in [5.41, 5.74) is 1.83. The van der Waals surface area contributed by atoms with Crippen LogP contribution >= 0.6 is 0 Å². The molecule has 3 rings (SSSR count). The Labute approximate surface area is 101 Å². The maximum atomic E-state index is 11.8. The second-order valence-corrected chi connectivity index (χ2v) is 4.82. The van der Waals surface area contributed by atoms with Crippen LogP contribution in [0.3, 0.4) is 0 Å². The van der Waals surface area contributed by atoms with E-state index in [4.69, 9.17) is 0 Å². The SMILES string of the molecule is O=C(NC1CC1)c1ccc(NC2CNC2)cc1. The van der Waals surface area contributed by atoms with E-state index in [9.17, 15) is 4.79 Å². The average molecular weight is 231 g/mol. The Morgan fingerprint density at radius 2 is 1.82 bits per heavy atom. The molecule has 0 aromatic heterocycles. The van der Waals surface area contributed by atoms with Crippen LogP contribution in [0.25, 0.3) is 0 Å². The number of carbonyl (C=O) groups excluding carboxylic acids is 1. The minimum Gasteiger partial charge on any atom is -0.380 e. The number of amides is 1. The molecule has 4 heteroatoms. The van der Waals surface area contributed by atoms with Gasteiger partial charge >= 0.3 is 0 Å². The maximum absolute atomic E-state index is 11.8. The molecule has 1 heterocycles. The van der Waals surface area contributed by atoms with E-state index in [0.29, 0.717) is 12.1 Å². The van der Waals surface area contributed by atoms with Gasteiger partial charge in [0.1, 0.15) is 0 Å². The standard InChI is InChI=1S/C13H17N3O/c17-13(16-11-5-6-11)9-1-3-10(4-2-9)15-12-7-14-8-12/h1-4,11-12,14-15H,5-8H2,(H,16,17). The van der Waals surface area contributed by atoms with Crippen molar-refractivity contribution in [3.05, 3.63) is 29.8 Å². The van der Waals surface area contributed by atoms with Gasteiger partial charge in [-0.15, -0.1) is 0 Å². The summed E-state index contributed by atoms with van der Waals surface area (Å²) in [4.78, 5) is 11.8. The second kappa shape index (κ2) is 4.37. The highest BCUT2D eigenvalue weighted by molar-refractivity contribution is 5.94. The lowest BCUT2D eigenvalue weighted by atomic mass is 10.1. The number of carbonyl (C=O) groups is 1. The molecule has 1 aliphatic carbocycles. The Kier molecular flexibility index (Phi) is 2.73. The van der Waals surface area contributed by atoms with E-state index in [1.54, 1.807) is 0 Å². The summed E-state index contributed by atoms with van der Waals surface area (Å²) in [6.45, 7) is 2.04. The first-order valence-electron chi connectivity index (χ1n) is 6.19. The Morgan fingerprint density at radius 3 is 2.35 bits per heavy atom.